The normalized spacial score (nSPS) is 18.6. The van der Waals surface area contributed by atoms with Gasteiger partial charge in [0.05, 0.1) is 18.7 Å². The van der Waals surface area contributed by atoms with Crippen molar-refractivity contribution < 1.29 is 9.90 Å². The average molecular weight is 272 g/mol. The lowest BCUT2D eigenvalue weighted by Crippen LogP contribution is -2.45. The number of carbonyl (C=O) groups is 1. The van der Waals surface area contributed by atoms with Crippen molar-refractivity contribution in [3.05, 3.63) is 35.4 Å². The summed E-state index contributed by atoms with van der Waals surface area (Å²) in [7, 11) is 0. The molecule has 1 fully saturated rings. The van der Waals surface area contributed by atoms with Crippen molar-refractivity contribution in [1.29, 1.82) is 5.26 Å². The van der Waals surface area contributed by atoms with Crippen LogP contribution in [0.4, 0.5) is 0 Å². The zero-order valence-electron chi connectivity index (χ0n) is 11.6. The molecule has 1 saturated heterocycles. The average Bonchev–Trinajstić information content (AvgIpc) is 2.52. The number of rotatable bonds is 4. The second kappa shape index (κ2) is 7.06. The Bertz CT molecular complexity index is 507. The van der Waals surface area contributed by atoms with Gasteiger partial charge >= 0.3 is 0 Å². The molecule has 0 aliphatic carbocycles. The molecule has 1 N–H and O–H groups in total. The zero-order chi connectivity index (χ0) is 14.4. The Balaban J connectivity index is 2.21. The number of nitriles is 1. The molecule has 4 nitrogen and oxygen atoms in total. The highest BCUT2D eigenvalue weighted by Crippen LogP contribution is 2.21. The quantitative estimate of drug-likeness (QED) is 0.913. The van der Waals surface area contributed by atoms with Gasteiger partial charge in [0.15, 0.2) is 0 Å². The molecule has 20 heavy (non-hydrogen) atoms. The van der Waals surface area contributed by atoms with E-state index in [0.717, 1.165) is 24.8 Å². The Morgan fingerprint density at radius 3 is 2.95 bits per heavy atom. The molecule has 106 valence electrons. The van der Waals surface area contributed by atoms with Crippen molar-refractivity contribution in [3.63, 3.8) is 0 Å². The van der Waals surface area contributed by atoms with Gasteiger partial charge in [-0.1, -0.05) is 18.2 Å². The molecule has 1 aliphatic rings. The first-order valence-electron chi connectivity index (χ1n) is 7.14. The van der Waals surface area contributed by atoms with Crippen LogP contribution in [0.25, 0.3) is 0 Å². The van der Waals surface area contributed by atoms with Crippen LogP contribution < -0.4 is 0 Å². The number of hydrogen-bond donors (Lipinski definition) is 1. The fraction of sp³-hybridized carbons (Fsp3) is 0.500. The first kappa shape index (κ1) is 14.5. The third-order valence-electron chi connectivity index (χ3n) is 3.85. The predicted molar refractivity (Wildman–Crippen MR) is 76.1 cm³/mol. The lowest BCUT2D eigenvalue weighted by Gasteiger charge is -2.35. The van der Waals surface area contributed by atoms with Gasteiger partial charge in [0, 0.05) is 18.5 Å². The molecule has 2 rings (SSSR count). The van der Waals surface area contributed by atoms with E-state index in [0.29, 0.717) is 24.9 Å². The molecule has 1 aromatic rings. The highest BCUT2D eigenvalue weighted by Gasteiger charge is 2.27. The van der Waals surface area contributed by atoms with Gasteiger partial charge in [-0.05, 0) is 37.3 Å². The maximum absolute atomic E-state index is 12.7. The molecule has 1 heterocycles. The van der Waals surface area contributed by atoms with Gasteiger partial charge in [-0.3, -0.25) is 4.79 Å². The third kappa shape index (κ3) is 3.17. The summed E-state index contributed by atoms with van der Waals surface area (Å²) in [6.07, 6.45) is 3.92. The van der Waals surface area contributed by atoms with Crippen molar-refractivity contribution in [2.75, 3.05) is 13.2 Å². The van der Waals surface area contributed by atoms with Gasteiger partial charge in [-0.25, -0.2) is 0 Å². The van der Waals surface area contributed by atoms with Crippen molar-refractivity contribution in [2.24, 2.45) is 0 Å². The Morgan fingerprint density at radius 2 is 2.20 bits per heavy atom. The molecule has 1 amide bonds. The molecule has 0 radical (unpaired) electrons. The van der Waals surface area contributed by atoms with E-state index in [9.17, 15) is 9.90 Å². The van der Waals surface area contributed by atoms with E-state index in [4.69, 9.17) is 5.26 Å². The number of aryl methyl sites for hydroxylation is 1. The number of benzene rings is 1. The molecule has 1 aromatic carbocycles. The minimum absolute atomic E-state index is 0.0164. The number of nitrogens with zero attached hydrogens (tertiary/aromatic N) is 2. The highest BCUT2D eigenvalue weighted by atomic mass is 16.3. The van der Waals surface area contributed by atoms with Crippen molar-refractivity contribution in [2.45, 2.75) is 38.1 Å². The van der Waals surface area contributed by atoms with E-state index in [1.54, 1.807) is 4.90 Å². The first-order valence-corrected chi connectivity index (χ1v) is 7.14. The lowest BCUT2D eigenvalue weighted by molar-refractivity contribution is 0.0502. The molecule has 0 bridgehead atoms. The van der Waals surface area contributed by atoms with Gasteiger partial charge in [-0.15, -0.1) is 0 Å². The zero-order valence-corrected chi connectivity index (χ0v) is 11.6. The van der Waals surface area contributed by atoms with Gasteiger partial charge in [0.2, 0.25) is 0 Å². The molecule has 0 unspecified atom stereocenters. The standard InChI is InChI=1S/C16H20N2O2/c17-10-5-7-13-6-1-2-9-15(13)16(20)18-11-4-3-8-14(18)12-19/h1-2,6,9,14,19H,3-5,7-8,11-12H2/t14-/m0/s1. The van der Waals surface area contributed by atoms with E-state index in [1.165, 1.54) is 0 Å². The first-order chi connectivity index (χ1) is 9.77. The number of amides is 1. The molecule has 0 aromatic heterocycles. The molecule has 0 saturated carbocycles. The van der Waals surface area contributed by atoms with Crippen molar-refractivity contribution >= 4 is 5.91 Å². The van der Waals surface area contributed by atoms with Crippen LogP contribution in [0, 0.1) is 11.3 Å². The van der Waals surface area contributed by atoms with Crippen molar-refractivity contribution in [1.82, 2.24) is 4.90 Å². The molecule has 0 spiro atoms. The van der Waals surface area contributed by atoms with Crippen LogP contribution in [0.1, 0.15) is 41.6 Å². The number of piperidine rings is 1. The summed E-state index contributed by atoms with van der Waals surface area (Å²) in [6.45, 7) is 0.725. The minimum Gasteiger partial charge on any atom is -0.394 e. The van der Waals surface area contributed by atoms with E-state index >= 15 is 0 Å². The molecule has 4 heteroatoms. The molecule has 1 aliphatic heterocycles. The fourth-order valence-electron chi connectivity index (χ4n) is 2.75. The van der Waals surface area contributed by atoms with Crippen LogP contribution >= 0.6 is 0 Å². The largest absolute Gasteiger partial charge is 0.394 e. The summed E-state index contributed by atoms with van der Waals surface area (Å²) in [5, 5.41) is 18.1. The van der Waals surface area contributed by atoms with Gasteiger partial charge in [0.25, 0.3) is 5.91 Å². The summed E-state index contributed by atoms with van der Waals surface area (Å²) in [4.78, 5) is 14.5. The highest BCUT2D eigenvalue weighted by molar-refractivity contribution is 5.96. The molecule has 1 atom stereocenters. The second-order valence-electron chi connectivity index (χ2n) is 5.15. The number of aliphatic hydroxyl groups excluding tert-OH is 1. The van der Waals surface area contributed by atoms with Crippen LogP contribution in [0.2, 0.25) is 0 Å². The predicted octanol–water partition coefficient (Wildman–Crippen LogP) is 2.13. The van der Waals surface area contributed by atoms with E-state index < -0.39 is 0 Å². The van der Waals surface area contributed by atoms with Crippen LogP contribution in [0.3, 0.4) is 0 Å². The number of hydrogen-bond acceptors (Lipinski definition) is 3. The van der Waals surface area contributed by atoms with Gasteiger partial charge < -0.3 is 10.0 Å². The smallest absolute Gasteiger partial charge is 0.254 e. The summed E-state index contributed by atoms with van der Waals surface area (Å²) >= 11 is 0. The fourth-order valence-corrected chi connectivity index (χ4v) is 2.75. The summed E-state index contributed by atoms with van der Waals surface area (Å²) in [5.41, 5.74) is 1.59. The number of aliphatic hydroxyl groups is 1. The molecular formula is C16H20N2O2. The van der Waals surface area contributed by atoms with E-state index in [2.05, 4.69) is 6.07 Å². The van der Waals surface area contributed by atoms with E-state index in [1.807, 2.05) is 24.3 Å². The number of carbonyl (C=O) groups excluding carboxylic acids is 1. The Morgan fingerprint density at radius 1 is 1.40 bits per heavy atom. The lowest BCUT2D eigenvalue weighted by atomic mass is 9.98. The maximum Gasteiger partial charge on any atom is 0.254 e. The molecular weight excluding hydrogens is 252 g/mol. The Kier molecular flexibility index (Phi) is 5.14. The SMILES string of the molecule is N#CCCc1ccccc1C(=O)N1CCCC[C@H]1CO. The topological polar surface area (TPSA) is 64.3 Å². The second-order valence-corrected chi connectivity index (χ2v) is 5.15. The monoisotopic (exact) mass is 272 g/mol. The maximum atomic E-state index is 12.7. The van der Waals surface area contributed by atoms with Crippen LogP contribution in [-0.4, -0.2) is 35.1 Å². The van der Waals surface area contributed by atoms with Crippen LogP contribution in [0.15, 0.2) is 24.3 Å². The Labute approximate surface area is 119 Å². The summed E-state index contributed by atoms with van der Waals surface area (Å²) in [5.74, 6) is -0.0164. The summed E-state index contributed by atoms with van der Waals surface area (Å²) in [6, 6.07) is 9.51. The van der Waals surface area contributed by atoms with Crippen LogP contribution in [0.5, 0.6) is 0 Å². The minimum atomic E-state index is -0.0692. The van der Waals surface area contributed by atoms with Crippen molar-refractivity contribution in [3.8, 4) is 6.07 Å². The Hall–Kier alpha value is -1.86. The van der Waals surface area contributed by atoms with Crippen LogP contribution in [-0.2, 0) is 6.42 Å². The van der Waals surface area contributed by atoms with Gasteiger partial charge in [0.1, 0.15) is 0 Å². The van der Waals surface area contributed by atoms with E-state index in [-0.39, 0.29) is 18.6 Å². The third-order valence-corrected chi connectivity index (χ3v) is 3.85. The summed E-state index contributed by atoms with van der Waals surface area (Å²) < 4.78 is 0. The van der Waals surface area contributed by atoms with Gasteiger partial charge in [-0.2, -0.15) is 5.26 Å². The number of likely N-dealkylation sites (tertiary alicyclic amines) is 1.